The molecule has 6 nitrogen and oxygen atoms in total. The fraction of sp³-hybridized carbons (Fsp3) is 0.138. The van der Waals surface area contributed by atoms with E-state index in [9.17, 15) is 14.7 Å². The van der Waals surface area contributed by atoms with E-state index < -0.39 is 11.9 Å². The highest BCUT2D eigenvalue weighted by molar-refractivity contribution is 9.11. The Labute approximate surface area is 252 Å². The number of aryl methyl sites for hydroxylation is 1. The zero-order valence-electron chi connectivity index (χ0n) is 20.8. The van der Waals surface area contributed by atoms with Crippen LogP contribution in [-0.2, 0) is 16.1 Å². The van der Waals surface area contributed by atoms with Crippen LogP contribution in [0.15, 0.2) is 90.8 Å². The van der Waals surface area contributed by atoms with Gasteiger partial charge in [-0.3, -0.25) is 4.79 Å². The number of aliphatic hydroxyl groups is 1. The van der Waals surface area contributed by atoms with Gasteiger partial charge in [0.1, 0.15) is 28.7 Å². The summed E-state index contributed by atoms with van der Waals surface area (Å²) in [5.41, 5.74) is 2.77. The molecule has 0 bridgehead atoms. The molecule has 1 aliphatic rings. The molecule has 1 N–H and O–H groups in total. The molecular formula is C29H22Br2ClNO5S. The minimum atomic E-state index is -0.757. The average molecular weight is 692 g/mol. The number of amides is 1. The zero-order chi connectivity index (χ0) is 28.1. The number of halogens is 3. The van der Waals surface area contributed by atoms with Crippen LogP contribution >= 0.6 is 55.2 Å². The Bertz CT molecular complexity index is 1510. The summed E-state index contributed by atoms with van der Waals surface area (Å²) in [5, 5.41) is 11.6. The highest BCUT2D eigenvalue weighted by Gasteiger charge is 2.34. The summed E-state index contributed by atoms with van der Waals surface area (Å²) in [7, 11) is 0. The monoisotopic (exact) mass is 689 g/mol. The number of aliphatic imine (C=N–C) groups is 1. The summed E-state index contributed by atoms with van der Waals surface area (Å²) < 4.78 is 12.4. The van der Waals surface area contributed by atoms with Crippen LogP contribution < -0.4 is 4.74 Å². The van der Waals surface area contributed by atoms with E-state index in [4.69, 9.17) is 21.1 Å². The summed E-state index contributed by atoms with van der Waals surface area (Å²) >= 11 is 14.3. The summed E-state index contributed by atoms with van der Waals surface area (Å²) in [4.78, 5) is 30.0. The van der Waals surface area contributed by atoms with Crippen LogP contribution in [0.1, 0.15) is 34.0 Å². The van der Waals surface area contributed by atoms with Crippen LogP contribution in [0.3, 0.4) is 0 Å². The molecule has 200 valence electrons. The van der Waals surface area contributed by atoms with Crippen molar-refractivity contribution < 1.29 is 24.2 Å². The smallest absolute Gasteiger partial charge is 0.344 e. The lowest BCUT2D eigenvalue weighted by atomic mass is 10.1. The molecule has 0 spiro atoms. The molecule has 10 heteroatoms. The molecule has 1 heterocycles. The second-order valence-corrected chi connectivity index (χ2v) is 11.5. The van der Waals surface area contributed by atoms with Crippen molar-refractivity contribution in [2.45, 2.75) is 20.5 Å². The Kier molecular flexibility index (Phi) is 9.71. The van der Waals surface area contributed by atoms with Crippen LogP contribution in [0.2, 0.25) is 5.02 Å². The number of benzene rings is 3. The fourth-order valence-corrected chi connectivity index (χ4v) is 6.22. The molecule has 0 saturated carbocycles. The van der Waals surface area contributed by atoms with Crippen molar-refractivity contribution in [1.29, 1.82) is 0 Å². The Morgan fingerprint density at radius 1 is 1.08 bits per heavy atom. The Morgan fingerprint density at radius 2 is 1.74 bits per heavy atom. The molecule has 0 aliphatic carbocycles. The maximum absolute atomic E-state index is 12.8. The van der Waals surface area contributed by atoms with Gasteiger partial charge >= 0.3 is 5.97 Å². The minimum Gasteiger partial charge on any atom is -0.506 e. The second-order valence-electron chi connectivity index (χ2n) is 8.34. The zero-order valence-corrected chi connectivity index (χ0v) is 25.6. The molecule has 1 aliphatic heterocycles. The first-order valence-electron chi connectivity index (χ1n) is 11.7. The predicted molar refractivity (Wildman–Crippen MR) is 162 cm³/mol. The van der Waals surface area contributed by atoms with Gasteiger partial charge in [0.2, 0.25) is 0 Å². The van der Waals surface area contributed by atoms with Gasteiger partial charge in [0, 0.05) is 16.1 Å². The van der Waals surface area contributed by atoms with Crippen LogP contribution in [0.25, 0.3) is 6.08 Å². The molecule has 0 aromatic heterocycles. The third-order valence-electron chi connectivity index (χ3n) is 5.52. The van der Waals surface area contributed by atoms with Gasteiger partial charge < -0.3 is 14.6 Å². The number of ether oxygens (including phenoxy) is 2. The molecule has 0 radical (unpaired) electrons. The highest BCUT2D eigenvalue weighted by Crippen LogP contribution is 2.41. The quantitative estimate of drug-likeness (QED) is 0.251. The van der Waals surface area contributed by atoms with E-state index in [0.29, 0.717) is 35.7 Å². The number of nitrogens with zero attached hydrogens (tertiary/aromatic N) is 1. The van der Waals surface area contributed by atoms with E-state index in [0.717, 1.165) is 22.9 Å². The van der Waals surface area contributed by atoms with Gasteiger partial charge in [-0.2, -0.15) is 0 Å². The molecule has 0 fully saturated rings. The maximum atomic E-state index is 12.8. The third-order valence-corrected chi connectivity index (χ3v) is 8.09. The summed E-state index contributed by atoms with van der Waals surface area (Å²) in [6.45, 7) is 3.95. The second kappa shape index (κ2) is 13.0. The topological polar surface area (TPSA) is 85.2 Å². The summed E-state index contributed by atoms with van der Waals surface area (Å²) in [5.74, 6) is -1.01. The van der Waals surface area contributed by atoms with Crippen molar-refractivity contribution in [3.8, 4) is 5.75 Å². The van der Waals surface area contributed by atoms with E-state index >= 15 is 0 Å². The number of rotatable bonds is 7. The van der Waals surface area contributed by atoms with Gasteiger partial charge in [-0.25, -0.2) is 9.79 Å². The van der Waals surface area contributed by atoms with E-state index in [2.05, 4.69) is 36.9 Å². The van der Waals surface area contributed by atoms with E-state index in [1.54, 1.807) is 43.3 Å². The first-order valence-corrected chi connectivity index (χ1v) is 14.5. The fourth-order valence-electron chi connectivity index (χ4n) is 3.56. The van der Waals surface area contributed by atoms with E-state index in [1.165, 1.54) is 0 Å². The SMILES string of the molecule is CCOC(=O)C1=C(O)/C(=C/c2cc(Br)c(OCc3ccccc3Cl)c(Br)c2)SC1=NC(=O)c1ccc(C)cc1. The molecule has 39 heavy (non-hydrogen) atoms. The molecule has 4 rings (SSSR count). The van der Waals surface area contributed by atoms with Gasteiger partial charge in [-0.05, 0) is 87.7 Å². The van der Waals surface area contributed by atoms with Crippen molar-refractivity contribution in [2.24, 2.45) is 4.99 Å². The molecule has 1 amide bonds. The van der Waals surface area contributed by atoms with Gasteiger partial charge in [0.15, 0.2) is 0 Å². The third kappa shape index (κ3) is 7.03. The summed E-state index contributed by atoms with van der Waals surface area (Å²) in [6.07, 6.45) is 1.69. The minimum absolute atomic E-state index is 0.0700. The van der Waals surface area contributed by atoms with Crippen LogP contribution in [0, 0.1) is 6.92 Å². The number of esters is 1. The Balaban J connectivity index is 1.63. The predicted octanol–water partition coefficient (Wildman–Crippen LogP) is 8.45. The standard InChI is InChI=1S/C29H22Br2ClNO5S/c1-3-37-29(36)24-25(34)23(39-28(24)33-27(35)18-10-8-16(2)9-11-18)14-17-12-20(30)26(21(31)13-17)38-15-19-6-4-5-7-22(19)32/h4-14,34H,3,15H2,1-2H3/b23-14-,33-28?. The van der Waals surface area contributed by atoms with Crippen molar-refractivity contribution in [3.05, 3.63) is 113 Å². The highest BCUT2D eigenvalue weighted by atomic mass is 79.9. The van der Waals surface area contributed by atoms with Crippen molar-refractivity contribution in [1.82, 2.24) is 0 Å². The first-order chi connectivity index (χ1) is 18.7. The first kappa shape index (κ1) is 29.1. The Morgan fingerprint density at radius 3 is 2.38 bits per heavy atom. The largest absolute Gasteiger partial charge is 0.506 e. The molecule has 0 saturated heterocycles. The Hall–Kier alpha value is -2.85. The number of carbonyl (C=O) groups excluding carboxylic acids is 2. The van der Waals surface area contributed by atoms with Crippen molar-refractivity contribution in [2.75, 3.05) is 6.61 Å². The molecule has 3 aromatic rings. The number of hydrogen-bond donors (Lipinski definition) is 1. The number of aliphatic hydroxyl groups excluding tert-OH is 1. The number of carbonyl (C=O) groups is 2. The molecule has 3 aromatic carbocycles. The summed E-state index contributed by atoms with van der Waals surface area (Å²) in [6, 6.07) is 18.0. The van der Waals surface area contributed by atoms with Gasteiger partial charge in [-0.15, -0.1) is 0 Å². The van der Waals surface area contributed by atoms with Gasteiger partial charge in [0.25, 0.3) is 5.91 Å². The van der Waals surface area contributed by atoms with E-state index in [-0.39, 0.29) is 29.6 Å². The van der Waals surface area contributed by atoms with Crippen molar-refractivity contribution >= 4 is 78.2 Å². The molecular weight excluding hydrogens is 670 g/mol. The maximum Gasteiger partial charge on any atom is 0.344 e. The number of hydrogen-bond acceptors (Lipinski definition) is 6. The van der Waals surface area contributed by atoms with Crippen LogP contribution in [-0.4, -0.2) is 28.6 Å². The lowest BCUT2D eigenvalue weighted by Gasteiger charge is -2.12. The van der Waals surface area contributed by atoms with Gasteiger partial charge in [0.05, 0.1) is 20.5 Å². The number of thioether (sulfide) groups is 1. The van der Waals surface area contributed by atoms with E-state index in [1.807, 2.05) is 37.3 Å². The van der Waals surface area contributed by atoms with Crippen LogP contribution in [0.4, 0.5) is 0 Å². The lowest BCUT2D eigenvalue weighted by molar-refractivity contribution is -0.138. The molecule has 0 atom stereocenters. The van der Waals surface area contributed by atoms with Gasteiger partial charge in [-0.1, -0.05) is 59.3 Å². The lowest BCUT2D eigenvalue weighted by Crippen LogP contribution is -2.14. The molecule has 0 unspecified atom stereocenters. The normalized spacial score (nSPS) is 15.2. The average Bonchev–Trinajstić information content (AvgIpc) is 3.19. The van der Waals surface area contributed by atoms with Crippen LogP contribution in [0.5, 0.6) is 5.75 Å². The van der Waals surface area contributed by atoms with Crippen molar-refractivity contribution in [3.63, 3.8) is 0 Å².